The molecule has 1 fully saturated rings. The van der Waals surface area contributed by atoms with E-state index in [-0.39, 0.29) is 5.78 Å². The predicted molar refractivity (Wildman–Crippen MR) is 108 cm³/mol. The van der Waals surface area contributed by atoms with Crippen LogP contribution in [0.15, 0.2) is 30.3 Å². The Balaban J connectivity index is 1.55. The number of aryl methyl sites for hydroxylation is 3. The van der Waals surface area contributed by atoms with Crippen LogP contribution >= 0.6 is 0 Å². The van der Waals surface area contributed by atoms with Gasteiger partial charge in [-0.15, -0.1) is 0 Å². The number of hydrogen-bond acceptors (Lipinski definition) is 5. The summed E-state index contributed by atoms with van der Waals surface area (Å²) in [6, 6.07) is 10.0. The van der Waals surface area contributed by atoms with Gasteiger partial charge in [0.25, 0.3) is 0 Å². The molecule has 140 valence electrons. The molecule has 0 bridgehead atoms. The van der Waals surface area contributed by atoms with Crippen molar-refractivity contribution in [2.45, 2.75) is 27.7 Å². The zero-order valence-electron chi connectivity index (χ0n) is 16.4. The number of anilines is 2. The molecule has 0 radical (unpaired) electrons. The Bertz CT molecular complexity index is 998. The van der Waals surface area contributed by atoms with E-state index in [0.29, 0.717) is 0 Å². The van der Waals surface area contributed by atoms with Crippen LogP contribution in [0.5, 0.6) is 0 Å². The maximum atomic E-state index is 11.5. The van der Waals surface area contributed by atoms with E-state index in [2.05, 4.69) is 27.8 Å². The maximum absolute atomic E-state index is 11.5. The van der Waals surface area contributed by atoms with Crippen LogP contribution in [0.25, 0.3) is 5.65 Å². The molecule has 6 nitrogen and oxygen atoms in total. The van der Waals surface area contributed by atoms with E-state index >= 15 is 0 Å². The molecule has 1 saturated heterocycles. The van der Waals surface area contributed by atoms with Gasteiger partial charge < -0.3 is 9.80 Å². The summed E-state index contributed by atoms with van der Waals surface area (Å²) < 4.78 is 1.98. The number of Topliss-reactive ketones (excluding diaryl/α,β-unsaturated/α-hetero) is 1. The lowest BCUT2D eigenvalue weighted by Crippen LogP contribution is -2.47. The van der Waals surface area contributed by atoms with E-state index in [4.69, 9.17) is 5.10 Å². The quantitative estimate of drug-likeness (QED) is 0.669. The van der Waals surface area contributed by atoms with Crippen molar-refractivity contribution >= 4 is 22.9 Å². The van der Waals surface area contributed by atoms with Gasteiger partial charge in [-0.1, -0.05) is 0 Å². The molecule has 0 unspecified atom stereocenters. The molecule has 4 rings (SSSR count). The SMILES string of the molecule is CC(=O)c1ccc(N2CCN(c3cc(C)nc4c(C)c(C)nn34)CC2)cc1. The van der Waals surface area contributed by atoms with Gasteiger partial charge in [0.05, 0.1) is 5.69 Å². The Hall–Kier alpha value is -2.89. The van der Waals surface area contributed by atoms with Gasteiger partial charge in [-0.25, -0.2) is 4.98 Å². The minimum atomic E-state index is 0.105. The lowest BCUT2D eigenvalue weighted by atomic mass is 10.1. The predicted octanol–water partition coefficient (Wildman–Crippen LogP) is 3.18. The number of rotatable bonds is 3. The molecule has 6 heteroatoms. The van der Waals surface area contributed by atoms with Crippen LogP contribution in [-0.2, 0) is 0 Å². The smallest absolute Gasteiger partial charge is 0.160 e. The topological polar surface area (TPSA) is 53.7 Å². The van der Waals surface area contributed by atoms with Gasteiger partial charge in [0.15, 0.2) is 11.4 Å². The summed E-state index contributed by atoms with van der Waals surface area (Å²) in [6.45, 7) is 11.5. The van der Waals surface area contributed by atoms with Crippen LogP contribution < -0.4 is 9.80 Å². The molecule has 0 aliphatic carbocycles. The summed E-state index contributed by atoms with van der Waals surface area (Å²) in [7, 11) is 0. The number of benzene rings is 1. The molecule has 3 heterocycles. The number of piperazine rings is 1. The van der Waals surface area contributed by atoms with Gasteiger partial charge in [-0.3, -0.25) is 4.79 Å². The van der Waals surface area contributed by atoms with Crippen molar-refractivity contribution in [2.75, 3.05) is 36.0 Å². The van der Waals surface area contributed by atoms with E-state index in [0.717, 1.165) is 60.2 Å². The van der Waals surface area contributed by atoms with Crippen molar-refractivity contribution in [3.8, 4) is 0 Å². The molecular formula is C21H25N5O. The fourth-order valence-corrected chi connectivity index (χ4v) is 3.66. The second kappa shape index (κ2) is 6.68. The van der Waals surface area contributed by atoms with Crippen LogP contribution in [0.3, 0.4) is 0 Å². The standard InChI is InChI=1S/C21H25N5O/c1-14-13-20(26-21(22-14)15(2)16(3)23-26)25-11-9-24(10-12-25)19-7-5-18(6-8-19)17(4)27/h5-8,13H,9-12H2,1-4H3. The molecule has 0 atom stereocenters. The molecule has 0 saturated carbocycles. The highest BCUT2D eigenvalue weighted by Crippen LogP contribution is 2.24. The van der Waals surface area contributed by atoms with Gasteiger partial charge in [0, 0.05) is 54.8 Å². The Kier molecular flexibility index (Phi) is 4.34. The van der Waals surface area contributed by atoms with E-state index < -0.39 is 0 Å². The average molecular weight is 363 g/mol. The number of nitrogens with zero attached hydrogens (tertiary/aromatic N) is 5. The highest BCUT2D eigenvalue weighted by molar-refractivity contribution is 5.94. The van der Waals surface area contributed by atoms with Crippen LogP contribution in [0.4, 0.5) is 11.5 Å². The molecule has 1 aromatic carbocycles. The fourth-order valence-electron chi connectivity index (χ4n) is 3.66. The first-order valence-corrected chi connectivity index (χ1v) is 9.38. The number of hydrogen-bond donors (Lipinski definition) is 0. The Labute approximate surface area is 159 Å². The van der Waals surface area contributed by atoms with Crippen molar-refractivity contribution in [3.05, 3.63) is 52.8 Å². The maximum Gasteiger partial charge on any atom is 0.160 e. The van der Waals surface area contributed by atoms with Crippen LogP contribution in [0.1, 0.15) is 34.2 Å². The lowest BCUT2D eigenvalue weighted by molar-refractivity contribution is 0.101. The third-order valence-electron chi connectivity index (χ3n) is 5.41. The zero-order chi connectivity index (χ0) is 19.1. The van der Waals surface area contributed by atoms with Gasteiger partial charge in [0.1, 0.15) is 5.82 Å². The molecule has 1 aliphatic rings. The number of fused-ring (bicyclic) bond motifs is 1. The largest absolute Gasteiger partial charge is 0.368 e. The van der Waals surface area contributed by atoms with Crippen molar-refractivity contribution in [2.24, 2.45) is 0 Å². The summed E-state index contributed by atoms with van der Waals surface area (Å²) in [5.41, 5.74) is 6.06. The third kappa shape index (κ3) is 3.16. The normalized spacial score (nSPS) is 14.8. The lowest BCUT2D eigenvalue weighted by Gasteiger charge is -2.37. The molecule has 3 aromatic rings. The molecule has 1 aliphatic heterocycles. The average Bonchev–Trinajstić information content (AvgIpc) is 2.96. The number of ketones is 1. The summed E-state index contributed by atoms with van der Waals surface area (Å²) >= 11 is 0. The van der Waals surface area contributed by atoms with Crippen molar-refractivity contribution in [1.82, 2.24) is 14.6 Å². The minimum absolute atomic E-state index is 0.105. The van der Waals surface area contributed by atoms with E-state index in [1.807, 2.05) is 42.6 Å². The first-order chi connectivity index (χ1) is 12.9. The first-order valence-electron chi connectivity index (χ1n) is 9.38. The van der Waals surface area contributed by atoms with E-state index in [1.54, 1.807) is 6.92 Å². The molecular weight excluding hydrogens is 338 g/mol. The fraction of sp³-hybridized carbons (Fsp3) is 0.381. The molecule has 0 amide bonds. The van der Waals surface area contributed by atoms with Crippen molar-refractivity contribution in [3.63, 3.8) is 0 Å². The van der Waals surface area contributed by atoms with Crippen molar-refractivity contribution < 1.29 is 4.79 Å². The van der Waals surface area contributed by atoms with Crippen LogP contribution in [0, 0.1) is 20.8 Å². The van der Waals surface area contributed by atoms with E-state index in [1.165, 1.54) is 5.69 Å². The Morgan fingerprint density at radius 1 is 0.963 bits per heavy atom. The minimum Gasteiger partial charge on any atom is -0.368 e. The number of aromatic nitrogens is 3. The number of carbonyl (C=O) groups is 1. The second-order valence-electron chi connectivity index (χ2n) is 7.28. The highest BCUT2D eigenvalue weighted by Gasteiger charge is 2.21. The number of carbonyl (C=O) groups excluding carboxylic acids is 1. The van der Waals surface area contributed by atoms with Crippen LogP contribution in [0.2, 0.25) is 0 Å². The first kappa shape index (κ1) is 17.5. The monoisotopic (exact) mass is 363 g/mol. The zero-order valence-corrected chi connectivity index (χ0v) is 16.4. The summed E-state index contributed by atoms with van der Waals surface area (Å²) in [5.74, 6) is 1.22. The van der Waals surface area contributed by atoms with E-state index in [9.17, 15) is 4.79 Å². The molecule has 27 heavy (non-hydrogen) atoms. The molecule has 2 aromatic heterocycles. The van der Waals surface area contributed by atoms with Gasteiger partial charge in [0.2, 0.25) is 0 Å². The van der Waals surface area contributed by atoms with Gasteiger partial charge in [-0.2, -0.15) is 9.61 Å². The Morgan fingerprint density at radius 3 is 2.22 bits per heavy atom. The highest BCUT2D eigenvalue weighted by atomic mass is 16.1. The summed E-state index contributed by atoms with van der Waals surface area (Å²) in [4.78, 5) is 20.9. The van der Waals surface area contributed by atoms with Crippen molar-refractivity contribution in [1.29, 1.82) is 0 Å². The molecule has 0 N–H and O–H groups in total. The summed E-state index contributed by atoms with van der Waals surface area (Å²) in [5, 5.41) is 4.70. The van der Waals surface area contributed by atoms with Gasteiger partial charge in [-0.05, 0) is 52.0 Å². The van der Waals surface area contributed by atoms with Crippen LogP contribution in [-0.4, -0.2) is 46.6 Å². The molecule has 0 spiro atoms. The third-order valence-corrected chi connectivity index (χ3v) is 5.41. The second-order valence-corrected chi connectivity index (χ2v) is 7.28. The Morgan fingerprint density at radius 2 is 1.59 bits per heavy atom. The summed E-state index contributed by atoms with van der Waals surface area (Å²) in [6.07, 6.45) is 0. The van der Waals surface area contributed by atoms with Gasteiger partial charge >= 0.3 is 0 Å².